The number of nitrogens with two attached hydrogens (primary N) is 1. The third-order valence-electron chi connectivity index (χ3n) is 4.82. The number of hydrogen-bond acceptors (Lipinski definition) is 5. The molecule has 1 aromatic carbocycles. The molecule has 0 unspecified atom stereocenters. The second kappa shape index (κ2) is 11.5. The van der Waals surface area contributed by atoms with Gasteiger partial charge in [-0.25, -0.2) is 4.79 Å². The van der Waals surface area contributed by atoms with E-state index in [1.807, 2.05) is 13.8 Å². The normalized spacial score (nSPS) is 13.1. The zero-order chi connectivity index (χ0) is 22.5. The summed E-state index contributed by atoms with van der Waals surface area (Å²) < 4.78 is 0. The minimum absolute atomic E-state index is 0. The lowest BCUT2D eigenvalue weighted by Crippen LogP contribution is -2.36. The van der Waals surface area contributed by atoms with Gasteiger partial charge in [0, 0.05) is 47.7 Å². The van der Waals surface area contributed by atoms with E-state index in [0.717, 1.165) is 17.0 Å². The van der Waals surface area contributed by atoms with Gasteiger partial charge in [-0.1, -0.05) is 11.6 Å². The Bertz CT molecular complexity index is 979. The van der Waals surface area contributed by atoms with Crippen molar-refractivity contribution >= 4 is 63.9 Å². The Morgan fingerprint density at radius 2 is 1.88 bits per heavy atom. The monoisotopic (exact) mass is 499 g/mol. The SMILES string of the molecule is CC(C)NC(=O)CCN1CCc2c(sc(NC(=O)Nc3ccc(Cl)cc3)c2C(N)=O)C1.Cl. The molecule has 0 saturated carbocycles. The molecule has 174 valence electrons. The molecule has 0 saturated heterocycles. The Labute approximate surface area is 202 Å². The third kappa shape index (κ3) is 6.83. The van der Waals surface area contributed by atoms with Gasteiger partial charge in [0.25, 0.3) is 5.91 Å². The second-order valence-corrected chi connectivity index (χ2v) is 9.20. The van der Waals surface area contributed by atoms with E-state index in [4.69, 9.17) is 17.3 Å². The number of halogens is 2. The topological polar surface area (TPSA) is 117 Å². The van der Waals surface area contributed by atoms with Gasteiger partial charge in [-0.2, -0.15) is 0 Å². The molecule has 2 heterocycles. The van der Waals surface area contributed by atoms with Crippen molar-refractivity contribution in [2.45, 2.75) is 39.3 Å². The number of carbonyl (C=O) groups excluding carboxylic acids is 3. The molecule has 0 aliphatic carbocycles. The minimum atomic E-state index is -0.566. The first-order valence-corrected chi connectivity index (χ1v) is 11.2. The smallest absolute Gasteiger partial charge is 0.324 e. The molecule has 3 rings (SSSR count). The first-order chi connectivity index (χ1) is 14.7. The predicted molar refractivity (Wildman–Crippen MR) is 131 cm³/mol. The van der Waals surface area contributed by atoms with Crippen LogP contribution in [0.1, 0.15) is 41.1 Å². The van der Waals surface area contributed by atoms with E-state index in [2.05, 4.69) is 20.9 Å². The molecule has 1 aliphatic heterocycles. The quantitative estimate of drug-likeness (QED) is 0.462. The molecule has 1 aliphatic rings. The third-order valence-corrected chi connectivity index (χ3v) is 6.20. The van der Waals surface area contributed by atoms with Crippen molar-refractivity contribution in [3.63, 3.8) is 0 Å². The average Bonchev–Trinajstić information content (AvgIpc) is 3.04. The number of nitrogens with zero attached hydrogens (tertiary/aromatic N) is 1. The van der Waals surface area contributed by atoms with Gasteiger partial charge < -0.3 is 16.4 Å². The first-order valence-electron chi connectivity index (χ1n) is 10.0. The number of nitrogens with one attached hydrogen (secondary N) is 3. The van der Waals surface area contributed by atoms with Crippen LogP contribution in [0.4, 0.5) is 15.5 Å². The number of amides is 4. The van der Waals surface area contributed by atoms with Crippen molar-refractivity contribution in [2.24, 2.45) is 5.73 Å². The summed E-state index contributed by atoms with van der Waals surface area (Å²) in [5, 5.41) is 9.35. The van der Waals surface area contributed by atoms with Crippen LogP contribution in [-0.4, -0.2) is 41.9 Å². The minimum Gasteiger partial charge on any atom is -0.365 e. The molecule has 0 radical (unpaired) electrons. The molecule has 11 heteroatoms. The lowest BCUT2D eigenvalue weighted by atomic mass is 10.0. The van der Waals surface area contributed by atoms with Crippen LogP contribution in [-0.2, 0) is 17.8 Å². The van der Waals surface area contributed by atoms with Gasteiger partial charge in [-0.15, -0.1) is 23.7 Å². The molecule has 0 bridgehead atoms. The molecule has 2 aromatic rings. The van der Waals surface area contributed by atoms with Crippen LogP contribution in [0.5, 0.6) is 0 Å². The van der Waals surface area contributed by atoms with Crippen LogP contribution in [0.15, 0.2) is 24.3 Å². The van der Waals surface area contributed by atoms with E-state index >= 15 is 0 Å². The predicted octanol–water partition coefficient (Wildman–Crippen LogP) is 3.84. The molecular formula is C21H27Cl2N5O3S. The summed E-state index contributed by atoms with van der Waals surface area (Å²) in [4.78, 5) is 39.6. The van der Waals surface area contributed by atoms with Crippen LogP contribution in [0.2, 0.25) is 5.02 Å². The van der Waals surface area contributed by atoms with Crippen molar-refractivity contribution < 1.29 is 14.4 Å². The summed E-state index contributed by atoms with van der Waals surface area (Å²) in [6, 6.07) is 6.36. The molecule has 0 atom stereocenters. The number of benzene rings is 1. The van der Waals surface area contributed by atoms with E-state index in [1.165, 1.54) is 11.3 Å². The van der Waals surface area contributed by atoms with Crippen LogP contribution >= 0.6 is 35.3 Å². The number of primary amides is 1. The van der Waals surface area contributed by atoms with Gasteiger partial charge in [0.1, 0.15) is 5.00 Å². The van der Waals surface area contributed by atoms with E-state index in [-0.39, 0.29) is 24.4 Å². The molecule has 0 fully saturated rings. The molecular weight excluding hydrogens is 473 g/mol. The zero-order valence-corrected chi connectivity index (χ0v) is 20.3. The Balaban J connectivity index is 0.00000363. The number of anilines is 2. The van der Waals surface area contributed by atoms with Crippen LogP contribution in [0, 0.1) is 0 Å². The van der Waals surface area contributed by atoms with E-state index < -0.39 is 11.9 Å². The van der Waals surface area contributed by atoms with Crippen molar-refractivity contribution in [1.82, 2.24) is 10.2 Å². The maximum absolute atomic E-state index is 12.4. The Kier molecular flexibility index (Phi) is 9.33. The first kappa shape index (κ1) is 25.9. The van der Waals surface area contributed by atoms with Crippen molar-refractivity contribution in [3.8, 4) is 0 Å². The van der Waals surface area contributed by atoms with E-state index in [0.29, 0.717) is 47.2 Å². The average molecular weight is 500 g/mol. The van der Waals surface area contributed by atoms with Crippen molar-refractivity contribution in [3.05, 3.63) is 45.3 Å². The van der Waals surface area contributed by atoms with Gasteiger partial charge in [-0.05, 0) is 50.1 Å². The van der Waals surface area contributed by atoms with E-state index in [9.17, 15) is 14.4 Å². The van der Waals surface area contributed by atoms with Crippen LogP contribution in [0.3, 0.4) is 0 Å². The second-order valence-electron chi connectivity index (χ2n) is 7.66. The van der Waals surface area contributed by atoms with Crippen LogP contribution in [0.25, 0.3) is 0 Å². The summed E-state index contributed by atoms with van der Waals surface area (Å²) in [7, 11) is 0. The Morgan fingerprint density at radius 3 is 2.50 bits per heavy atom. The number of carbonyl (C=O) groups is 3. The Morgan fingerprint density at radius 1 is 1.19 bits per heavy atom. The maximum atomic E-state index is 12.4. The van der Waals surface area contributed by atoms with Gasteiger partial charge in [0.15, 0.2) is 0 Å². The number of urea groups is 1. The summed E-state index contributed by atoms with van der Waals surface area (Å²) in [6.07, 6.45) is 1.05. The van der Waals surface area contributed by atoms with Crippen LogP contribution < -0.4 is 21.7 Å². The Hall–Kier alpha value is -2.33. The lowest BCUT2D eigenvalue weighted by Gasteiger charge is -2.26. The standard InChI is InChI=1S/C21H26ClN5O3S.ClH/c1-12(2)24-17(28)8-10-27-9-7-15-16(11-27)31-20(18(15)19(23)29)26-21(30)25-14-5-3-13(22)4-6-14;/h3-6,12H,7-11H2,1-2H3,(H2,23,29)(H,24,28)(H2,25,26,30);1H. The van der Waals surface area contributed by atoms with Crippen molar-refractivity contribution in [2.75, 3.05) is 23.7 Å². The molecule has 8 nitrogen and oxygen atoms in total. The lowest BCUT2D eigenvalue weighted by molar-refractivity contribution is -0.121. The molecule has 1 aromatic heterocycles. The highest BCUT2D eigenvalue weighted by Gasteiger charge is 2.28. The fourth-order valence-corrected chi connectivity index (χ4v) is 4.86. The van der Waals surface area contributed by atoms with Gasteiger partial charge >= 0.3 is 6.03 Å². The number of rotatable bonds is 7. The van der Waals surface area contributed by atoms with Crippen molar-refractivity contribution in [1.29, 1.82) is 0 Å². The summed E-state index contributed by atoms with van der Waals surface area (Å²) in [5.74, 6) is -0.546. The number of hydrogen-bond donors (Lipinski definition) is 4. The fourth-order valence-electron chi connectivity index (χ4n) is 3.45. The zero-order valence-electron chi connectivity index (χ0n) is 17.9. The molecule has 0 spiro atoms. The molecule has 4 amide bonds. The number of thiophene rings is 1. The molecule has 32 heavy (non-hydrogen) atoms. The fraction of sp³-hybridized carbons (Fsp3) is 0.381. The van der Waals surface area contributed by atoms with Gasteiger partial charge in [-0.3, -0.25) is 19.8 Å². The molecule has 5 N–H and O–H groups in total. The summed E-state index contributed by atoms with van der Waals surface area (Å²) in [5.41, 5.74) is 7.44. The maximum Gasteiger partial charge on any atom is 0.324 e. The summed E-state index contributed by atoms with van der Waals surface area (Å²) in [6.45, 7) is 5.81. The largest absolute Gasteiger partial charge is 0.365 e. The highest BCUT2D eigenvalue weighted by atomic mass is 35.5. The highest BCUT2D eigenvalue weighted by Crippen LogP contribution is 2.37. The van der Waals surface area contributed by atoms with Gasteiger partial charge in [0.2, 0.25) is 5.91 Å². The number of fused-ring (bicyclic) bond motifs is 1. The summed E-state index contributed by atoms with van der Waals surface area (Å²) >= 11 is 7.21. The van der Waals surface area contributed by atoms with Gasteiger partial charge in [0.05, 0.1) is 5.56 Å². The highest BCUT2D eigenvalue weighted by molar-refractivity contribution is 7.17. The van der Waals surface area contributed by atoms with E-state index in [1.54, 1.807) is 24.3 Å².